The summed E-state index contributed by atoms with van der Waals surface area (Å²) in [5.74, 6) is 0.394. The highest BCUT2D eigenvalue weighted by atomic mass is 19.4. The van der Waals surface area contributed by atoms with Gasteiger partial charge in [0.05, 0.1) is 12.2 Å². The molecule has 0 atom stereocenters. The van der Waals surface area contributed by atoms with E-state index in [2.05, 4.69) is 35.8 Å². The van der Waals surface area contributed by atoms with Gasteiger partial charge in [-0.15, -0.1) is 0 Å². The number of benzene rings is 2. The van der Waals surface area contributed by atoms with Crippen LogP contribution in [0.2, 0.25) is 0 Å². The van der Waals surface area contributed by atoms with Crippen LogP contribution in [-0.4, -0.2) is 54.2 Å². The average Bonchev–Trinajstić information content (AvgIpc) is 2.85. The van der Waals surface area contributed by atoms with Crippen LogP contribution in [0, 0.1) is 0 Å². The quantitative estimate of drug-likeness (QED) is 0.367. The smallest absolute Gasteiger partial charge is 0.416 e. The first kappa shape index (κ1) is 29.0. The van der Waals surface area contributed by atoms with Gasteiger partial charge in [-0.05, 0) is 68.0 Å². The minimum absolute atomic E-state index is 0.309. The molecule has 1 heterocycles. The lowest BCUT2D eigenvalue weighted by Gasteiger charge is -2.35. The zero-order chi connectivity index (χ0) is 27.2. The van der Waals surface area contributed by atoms with Crippen LogP contribution in [0.3, 0.4) is 0 Å². The molecule has 204 valence electrons. The molecular formula is C29H39F3N2O3. The van der Waals surface area contributed by atoms with Crippen molar-refractivity contribution < 1.29 is 27.4 Å². The Kier molecular flexibility index (Phi) is 9.64. The van der Waals surface area contributed by atoms with Crippen molar-refractivity contribution in [2.24, 2.45) is 0 Å². The first-order chi connectivity index (χ1) is 17.5. The van der Waals surface area contributed by atoms with Gasteiger partial charge >= 0.3 is 12.1 Å². The van der Waals surface area contributed by atoms with Crippen LogP contribution in [0.1, 0.15) is 62.4 Å². The van der Waals surface area contributed by atoms with Gasteiger partial charge < -0.3 is 9.47 Å². The molecule has 2 aromatic carbocycles. The number of rotatable bonds is 10. The van der Waals surface area contributed by atoms with Crippen molar-refractivity contribution in [2.75, 3.05) is 32.8 Å². The summed E-state index contributed by atoms with van der Waals surface area (Å²) in [6.07, 6.45) is -2.73. The minimum Gasteiger partial charge on any atom is -0.476 e. The zero-order valence-corrected chi connectivity index (χ0v) is 22.6. The van der Waals surface area contributed by atoms with Crippen molar-refractivity contribution in [1.82, 2.24) is 9.80 Å². The van der Waals surface area contributed by atoms with E-state index in [-0.39, 0.29) is 5.97 Å². The van der Waals surface area contributed by atoms with Gasteiger partial charge in [-0.2, -0.15) is 13.2 Å². The molecule has 0 saturated carbocycles. The van der Waals surface area contributed by atoms with Crippen LogP contribution in [0.4, 0.5) is 13.2 Å². The molecule has 5 nitrogen and oxygen atoms in total. The topological polar surface area (TPSA) is 42.0 Å². The third-order valence-electron chi connectivity index (χ3n) is 6.75. The van der Waals surface area contributed by atoms with E-state index < -0.39 is 17.3 Å². The number of esters is 1. The fourth-order valence-electron chi connectivity index (χ4n) is 4.60. The Balaban J connectivity index is 1.62. The van der Waals surface area contributed by atoms with Gasteiger partial charge in [0.25, 0.3) is 0 Å². The van der Waals surface area contributed by atoms with E-state index in [1.807, 2.05) is 0 Å². The van der Waals surface area contributed by atoms with Crippen LogP contribution >= 0.6 is 0 Å². The van der Waals surface area contributed by atoms with E-state index in [0.717, 1.165) is 80.1 Å². The molecule has 8 heteroatoms. The van der Waals surface area contributed by atoms with E-state index >= 15 is 0 Å². The largest absolute Gasteiger partial charge is 0.476 e. The Hall–Kier alpha value is -2.58. The summed E-state index contributed by atoms with van der Waals surface area (Å²) in [5, 5.41) is 0. The summed E-state index contributed by atoms with van der Waals surface area (Å²) in [5.41, 5.74) is 2.57. The summed E-state index contributed by atoms with van der Waals surface area (Å²) in [7, 11) is 0. The van der Waals surface area contributed by atoms with Gasteiger partial charge in [0.1, 0.15) is 5.75 Å². The molecule has 0 amide bonds. The maximum absolute atomic E-state index is 12.8. The molecule has 2 aromatic rings. The number of halogens is 3. The lowest BCUT2D eigenvalue weighted by molar-refractivity contribution is -0.158. The number of piperazine rings is 1. The van der Waals surface area contributed by atoms with Gasteiger partial charge in [-0.25, -0.2) is 4.79 Å². The molecule has 0 unspecified atom stereocenters. The van der Waals surface area contributed by atoms with Crippen molar-refractivity contribution in [3.63, 3.8) is 0 Å². The van der Waals surface area contributed by atoms with Gasteiger partial charge in [-0.1, -0.05) is 38.1 Å². The van der Waals surface area contributed by atoms with Crippen LogP contribution in [-0.2, 0) is 41.6 Å². The second-order valence-corrected chi connectivity index (χ2v) is 10.0. The lowest BCUT2D eigenvalue weighted by Crippen LogP contribution is -2.45. The minimum atomic E-state index is -4.30. The van der Waals surface area contributed by atoms with Crippen molar-refractivity contribution >= 4 is 5.97 Å². The van der Waals surface area contributed by atoms with Gasteiger partial charge in [0.15, 0.2) is 5.60 Å². The predicted molar refractivity (Wildman–Crippen MR) is 139 cm³/mol. The van der Waals surface area contributed by atoms with E-state index in [9.17, 15) is 18.0 Å². The van der Waals surface area contributed by atoms with Crippen LogP contribution in [0.5, 0.6) is 5.75 Å². The molecule has 0 radical (unpaired) electrons. The molecule has 1 fully saturated rings. The van der Waals surface area contributed by atoms with Crippen molar-refractivity contribution in [3.8, 4) is 5.75 Å². The fraction of sp³-hybridized carbons (Fsp3) is 0.552. The van der Waals surface area contributed by atoms with Crippen LogP contribution in [0.25, 0.3) is 0 Å². The van der Waals surface area contributed by atoms with Crippen molar-refractivity contribution in [3.05, 3.63) is 64.2 Å². The molecule has 0 spiro atoms. The van der Waals surface area contributed by atoms with E-state index in [4.69, 9.17) is 9.47 Å². The third-order valence-corrected chi connectivity index (χ3v) is 6.75. The van der Waals surface area contributed by atoms with Crippen LogP contribution < -0.4 is 4.74 Å². The fourth-order valence-corrected chi connectivity index (χ4v) is 4.60. The highest BCUT2D eigenvalue weighted by Gasteiger charge is 2.33. The number of nitrogens with zero attached hydrogens (tertiary/aromatic N) is 2. The summed E-state index contributed by atoms with van der Waals surface area (Å²) < 4.78 is 49.9. The number of alkyl halides is 3. The number of aryl methyl sites for hydroxylation is 2. The van der Waals surface area contributed by atoms with Gasteiger partial charge in [0.2, 0.25) is 0 Å². The number of carbonyl (C=O) groups is 1. The summed E-state index contributed by atoms with van der Waals surface area (Å²) in [6.45, 7) is 14.7. The first-order valence-electron chi connectivity index (χ1n) is 13.1. The SMILES string of the molecule is CCOC(=O)C(C)(C)Oc1c(CC)cc(CN2CCN(Cc3ccc(C(F)(F)F)cc3)CC2)cc1CC. The molecule has 0 aliphatic carbocycles. The molecule has 0 bridgehead atoms. The van der Waals surface area contributed by atoms with E-state index in [1.54, 1.807) is 32.9 Å². The second-order valence-electron chi connectivity index (χ2n) is 10.0. The summed E-state index contributed by atoms with van der Waals surface area (Å²) in [4.78, 5) is 17.1. The normalized spacial score (nSPS) is 15.6. The molecular weight excluding hydrogens is 481 g/mol. The standard InChI is InChI=1S/C29H39F3N2O3/c1-6-23-17-22(18-24(7-2)26(23)37-28(4,5)27(35)36-8-3)20-34-15-13-33(14-16-34)19-21-9-11-25(12-10-21)29(30,31)32/h9-12,17-18H,6-8,13-16,19-20H2,1-5H3. The molecule has 3 rings (SSSR count). The third kappa shape index (κ3) is 7.71. The maximum atomic E-state index is 12.8. The Labute approximate surface area is 218 Å². The molecule has 0 aromatic heterocycles. The Morgan fingerprint density at radius 3 is 1.76 bits per heavy atom. The molecule has 37 heavy (non-hydrogen) atoms. The number of ether oxygens (including phenoxy) is 2. The van der Waals surface area contributed by atoms with E-state index in [1.165, 1.54) is 5.56 Å². The van der Waals surface area contributed by atoms with Gasteiger partial charge in [0, 0.05) is 39.3 Å². The number of carbonyl (C=O) groups excluding carboxylic acids is 1. The Morgan fingerprint density at radius 2 is 1.32 bits per heavy atom. The van der Waals surface area contributed by atoms with Crippen molar-refractivity contribution in [2.45, 2.75) is 72.3 Å². The Bertz CT molecular complexity index is 1020. The number of hydrogen-bond acceptors (Lipinski definition) is 5. The molecule has 0 N–H and O–H groups in total. The second kappa shape index (κ2) is 12.3. The zero-order valence-electron chi connectivity index (χ0n) is 22.6. The highest BCUT2D eigenvalue weighted by molar-refractivity contribution is 5.79. The monoisotopic (exact) mass is 520 g/mol. The molecule has 1 saturated heterocycles. The average molecular weight is 521 g/mol. The van der Waals surface area contributed by atoms with Gasteiger partial charge in [-0.3, -0.25) is 9.80 Å². The lowest BCUT2D eigenvalue weighted by atomic mass is 9.99. The summed E-state index contributed by atoms with van der Waals surface area (Å²) in [6, 6.07) is 9.79. The van der Waals surface area contributed by atoms with E-state index in [0.29, 0.717) is 13.2 Å². The van der Waals surface area contributed by atoms with Crippen molar-refractivity contribution in [1.29, 1.82) is 0 Å². The first-order valence-corrected chi connectivity index (χ1v) is 13.1. The maximum Gasteiger partial charge on any atom is 0.416 e. The van der Waals surface area contributed by atoms with Crippen LogP contribution in [0.15, 0.2) is 36.4 Å². The summed E-state index contributed by atoms with van der Waals surface area (Å²) >= 11 is 0. The highest BCUT2D eigenvalue weighted by Crippen LogP contribution is 2.32. The molecule has 1 aliphatic rings. The number of hydrogen-bond donors (Lipinski definition) is 0. The Morgan fingerprint density at radius 1 is 0.838 bits per heavy atom. The predicted octanol–water partition coefficient (Wildman–Crippen LogP) is 5.87. The molecule has 1 aliphatic heterocycles.